The fraction of sp³-hybridized carbons (Fsp3) is 0.667. The van der Waals surface area contributed by atoms with Gasteiger partial charge < -0.3 is 15.2 Å². The molecule has 0 aromatic carbocycles. The summed E-state index contributed by atoms with van der Waals surface area (Å²) in [5.74, 6) is -0.956. The van der Waals surface area contributed by atoms with Crippen molar-refractivity contribution in [2.45, 2.75) is 38.8 Å². The molecule has 0 aromatic rings. The molecule has 18 heavy (non-hydrogen) atoms. The minimum absolute atomic E-state index is 0.188. The zero-order chi connectivity index (χ0) is 14.3. The van der Waals surface area contributed by atoms with E-state index in [1.165, 1.54) is 7.11 Å². The van der Waals surface area contributed by atoms with Crippen LogP contribution in [0.1, 0.15) is 26.7 Å². The summed E-state index contributed by atoms with van der Waals surface area (Å²) in [6.07, 6.45) is -0.567. The van der Waals surface area contributed by atoms with Gasteiger partial charge in [0.2, 0.25) is 5.91 Å². The van der Waals surface area contributed by atoms with E-state index in [9.17, 15) is 14.7 Å². The van der Waals surface area contributed by atoms with Crippen molar-refractivity contribution in [2.75, 3.05) is 7.11 Å². The predicted molar refractivity (Wildman–Crippen MR) is 72.1 cm³/mol. The molecule has 6 heteroatoms. The normalized spacial score (nSPS) is 13.9. The minimum atomic E-state index is -1.12. The highest BCUT2D eigenvalue weighted by atomic mass is 79.9. The highest BCUT2D eigenvalue weighted by Crippen LogP contribution is 2.12. The molecule has 0 aromatic heterocycles. The molecular weight excluding hydrogens is 302 g/mol. The standard InChI is InChI=1S/C12H20BrNO4/c1-7(2)5-10(15)11(16)14-9(6-8(3)13)12(17)18-4/h7,9-10,15H,3,5-6H2,1-2,4H3,(H,14,16)/t9-,10+/m1/s1. The summed E-state index contributed by atoms with van der Waals surface area (Å²) in [6.45, 7) is 7.40. The largest absolute Gasteiger partial charge is 0.467 e. The second kappa shape index (κ2) is 8.26. The molecule has 0 rings (SSSR count). The number of aliphatic hydroxyl groups is 1. The minimum Gasteiger partial charge on any atom is -0.467 e. The Balaban J connectivity index is 4.52. The molecule has 2 atom stereocenters. The molecule has 0 spiro atoms. The Morgan fingerprint density at radius 3 is 2.39 bits per heavy atom. The van der Waals surface area contributed by atoms with Crippen LogP contribution in [0.5, 0.6) is 0 Å². The molecule has 0 fully saturated rings. The van der Waals surface area contributed by atoms with Gasteiger partial charge in [0.1, 0.15) is 12.1 Å². The monoisotopic (exact) mass is 321 g/mol. The number of carbonyl (C=O) groups is 2. The SMILES string of the molecule is C=C(Br)C[C@@H](NC(=O)[C@@H](O)CC(C)C)C(=O)OC. The molecule has 0 aliphatic rings. The average Bonchev–Trinajstić information content (AvgIpc) is 2.25. The number of hydrogen-bond donors (Lipinski definition) is 2. The van der Waals surface area contributed by atoms with Gasteiger partial charge in [0.25, 0.3) is 0 Å². The summed E-state index contributed by atoms with van der Waals surface area (Å²) in [4.78, 5) is 23.1. The van der Waals surface area contributed by atoms with E-state index in [1.807, 2.05) is 13.8 Å². The fourth-order valence-corrected chi connectivity index (χ4v) is 1.70. The van der Waals surface area contributed by atoms with Crippen LogP contribution in [-0.4, -0.2) is 36.2 Å². The maximum atomic E-state index is 11.7. The third-order valence-corrected chi connectivity index (χ3v) is 2.55. The second-order valence-corrected chi connectivity index (χ2v) is 5.57. The van der Waals surface area contributed by atoms with Gasteiger partial charge in [-0.1, -0.05) is 36.4 Å². The Bertz CT molecular complexity index is 317. The first-order valence-electron chi connectivity index (χ1n) is 5.67. The smallest absolute Gasteiger partial charge is 0.328 e. The molecule has 0 unspecified atom stereocenters. The van der Waals surface area contributed by atoms with Crippen molar-refractivity contribution in [3.05, 3.63) is 11.1 Å². The zero-order valence-corrected chi connectivity index (χ0v) is 12.5. The van der Waals surface area contributed by atoms with Gasteiger partial charge in [-0.15, -0.1) is 0 Å². The molecule has 104 valence electrons. The Morgan fingerprint density at radius 1 is 1.44 bits per heavy atom. The van der Waals surface area contributed by atoms with E-state index in [1.54, 1.807) is 0 Å². The predicted octanol–water partition coefficient (Wildman–Crippen LogP) is 1.35. The van der Waals surface area contributed by atoms with Crippen LogP contribution in [0.15, 0.2) is 11.1 Å². The summed E-state index contributed by atoms with van der Waals surface area (Å²) in [6, 6.07) is -0.837. The van der Waals surface area contributed by atoms with Crippen molar-refractivity contribution in [3.63, 3.8) is 0 Å². The second-order valence-electron chi connectivity index (χ2n) is 4.45. The van der Waals surface area contributed by atoms with Crippen LogP contribution >= 0.6 is 15.9 Å². The van der Waals surface area contributed by atoms with Crippen LogP contribution in [0.25, 0.3) is 0 Å². The van der Waals surface area contributed by atoms with Crippen LogP contribution in [0.3, 0.4) is 0 Å². The number of rotatable bonds is 7. The van der Waals surface area contributed by atoms with Gasteiger partial charge in [0.05, 0.1) is 7.11 Å². The third kappa shape index (κ3) is 6.76. The summed E-state index contributed by atoms with van der Waals surface area (Å²) in [5.41, 5.74) is 0. The molecule has 0 aliphatic heterocycles. The zero-order valence-electron chi connectivity index (χ0n) is 10.9. The van der Waals surface area contributed by atoms with Crippen LogP contribution in [0.2, 0.25) is 0 Å². The van der Waals surface area contributed by atoms with Crippen LogP contribution < -0.4 is 5.32 Å². The lowest BCUT2D eigenvalue weighted by atomic mass is 10.1. The van der Waals surface area contributed by atoms with Crippen molar-refractivity contribution in [3.8, 4) is 0 Å². The number of amides is 1. The van der Waals surface area contributed by atoms with Crippen molar-refractivity contribution in [1.82, 2.24) is 5.32 Å². The third-order valence-electron chi connectivity index (χ3n) is 2.23. The highest BCUT2D eigenvalue weighted by molar-refractivity contribution is 9.11. The number of halogens is 1. The molecule has 0 radical (unpaired) electrons. The summed E-state index contributed by atoms with van der Waals surface area (Å²) >= 11 is 3.12. The lowest BCUT2D eigenvalue weighted by molar-refractivity contribution is -0.146. The van der Waals surface area contributed by atoms with E-state index in [-0.39, 0.29) is 12.3 Å². The topological polar surface area (TPSA) is 75.6 Å². The molecular formula is C12H20BrNO4. The summed E-state index contributed by atoms with van der Waals surface area (Å²) in [7, 11) is 1.24. The molecule has 0 aliphatic carbocycles. The van der Waals surface area contributed by atoms with Crippen molar-refractivity contribution in [1.29, 1.82) is 0 Å². The summed E-state index contributed by atoms with van der Waals surface area (Å²) < 4.78 is 5.14. The number of ether oxygens (including phenoxy) is 1. The van der Waals surface area contributed by atoms with Crippen molar-refractivity contribution >= 4 is 27.8 Å². The Labute approximate surface area is 116 Å². The average molecular weight is 322 g/mol. The van der Waals surface area contributed by atoms with E-state index in [0.717, 1.165) is 0 Å². The first kappa shape index (κ1) is 17.1. The summed E-state index contributed by atoms with van der Waals surface area (Å²) in [5, 5.41) is 12.1. The van der Waals surface area contributed by atoms with E-state index < -0.39 is 24.0 Å². The molecule has 0 heterocycles. The van der Waals surface area contributed by atoms with Crippen LogP contribution in [0.4, 0.5) is 0 Å². The first-order chi connectivity index (χ1) is 8.27. The molecule has 2 N–H and O–H groups in total. The van der Waals surface area contributed by atoms with Gasteiger partial charge >= 0.3 is 5.97 Å². The van der Waals surface area contributed by atoms with Gasteiger partial charge in [-0.2, -0.15) is 0 Å². The van der Waals surface area contributed by atoms with E-state index >= 15 is 0 Å². The van der Waals surface area contributed by atoms with Crippen molar-refractivity contribution in [2.24, 2.45) is 5.92 Å². The quantitative estimate of drug-likeness (QED) is 0.694. The maximum absolute atomic E-state index is 11.7. The molecule has 0 saturated carbocycles. The number of aliphatic hydroxyl groups excluding tert-OH is 1. The van der Waals surface area contributed by atoms with E-state index in [2.05, 4.69) is 32.6 Å². The van der Waals surface area contributed by atoms with E-state index in [0.29, 0.717) is 10.9 Å². The Kier molecular flexibility index (Phi) is 7.86. The number of methoxy groups -OCH3 is 1. The molecule has 5 nitrogen and oxygen atoms in total. The first-order valence-corrected chi connectivity index (χ1v) is 6.46. The Hall–Kier alpha value is -0.880. The van der Waals surface area contributed by atoms with Crippen LogP contribution in [-0.2, 0) is 14.3 Å². The van der Waals surface area contributed by atoms with E-state index in [4.69, 9.17) is 0 Å². The van der Waals surface area contributed by atoms with Crippen LogP contribution in [0, 0.1) is 5.92 Å². The van der Waals surface area contributed by atoms with Gasteiger partial charge in [0.15, 0.2) is 0 Å². The highest BCUT2D eigenvalue weighted by Gasteiger charge is 2.25. The number of nitrogens with one attached hydrogen (secondary N) is 1. The number of hydrogen-bond acceptors (Lipinski definition) is 4. The van der Waals surface area contributed by atoms with Gasteiger partial charge in [0, 0.05) is 6.42 Å². The van der Waals surface area contributed by atoms with Gasteiger partial charge in [-0.05, 0) is 16.8 Å². The number of esters is 1. The maximum Gasteiger partial charge on any atom is 0.328 e. The molecule has 1 amide bonds. The van der Waals surface area contributed by atoms with Gasteiger partial charge in [-0.3, -0.25) is 4.79 Å². The number of carbonyl (C=O) groups excluding carboxylic acids is 2. The lowest BCUT2D eigenvalue weighted by Gasteiger charge is -2.19. The van der Waals surface area contributed by atoms with Crippen molar-refractivity contribution < 1.29 is 19.4 Å². The Morgan fingerprint density at radius 2 is 2.00 bits per heavy atom. The molecule has 0 bridgehead atoms. The molecule has 0 saturated heterocycles. The fourth-order valence-electron chi connectivity index (χ4n) is 1.38. The van der Waals surface area contributed by atoms with Gasteiger partial charge in [-0.25, -0.2) is 4.79 Å². The lowest BCUT2D eigenvalue weighted by Crippen LogP contribution is -2.46.